The van der Waals surface area contributed by atoms with Crippen LogP contribution < -0.4 is 5.73 Å². The zero-order chi connectivity index (χ0) is 13.3. The Kier molecular flexibility index (Phi) is 3.34. The molecule has 2 atom stereocenters. The van der Waals surface area contributed by atoms with Gasteiger partial charge in [0.15, 0.2) is 0 Å². The van der Waals surface area contributed by atoms with Gasteiger partial charge in [0, 0.05) is 28.9 Å². The number of imidazole rings is 1. The summed E-state index contributed by atoms with van der Waals surface area (Å²) in [4.78, 5) is 4.25. The van der Waals surface area contributed by atoms with Crippen LogP contribution in [-0.4, -0.2) is 25.8 Å². The highest BCUT2D eigenvalue weighted by Gasteiger charge is 2.15. The maximum atomic E-state index is 11.3. The molecule has 1 heterocycles. The second kappa shape index (κ2) is 4.78. The largest absolute Gasteiger partial charge is 0.369 e. The first-order valence-corrected chi connectivity index (χ1v) is 7.23. The van der Waals surface area contributed by atoms with Crippen molar-refractivity contribution in [1.29, 1.82) is 5.26 Å². The molecule has 94 valence electrons. The number of anilines is 1. The van der Waals surface area contributed by atoms with E-state index in [9.17, 15) is 4.21 Å². The Morgan fingerprint density at radius 3 is 2.94 bits per heavy atom. The Bertz CT molecular complexity index is 656. The van der Waals surface area contributed by atoms with E-state index < -0.39 is 10.8 Å². The third-order valence-electron chi connectivity index (χ3n) is 2.76. The fourth-order valence-corrected chi connectivity index (χ4v) is 2.89. The lowest BCUT2D eigenvalue weighted by Gasteiger charge is -2.14. The minimum absolute atomic E-state index is 0.0187. The van der Waals surface area contributed by atoms with E-state index >= 15 is 0 Å². The summed E-state index contributed by atoms with van der Waals surface area (Å²) in [6.07, 6.45) is 1.66. The zero-order valence-corrected chi connectivity index (χ0v) is 11.1. The first-order valence-electron chi connectivity index (χ1n) is 5.50. The molecule has 0 aliphatic carbocycles. The van der Waals surface area contributed by atoms with Crippen LogP contribution >= 0.6 is 0 Å². The van der Waals surface area contributed by atoms with Crippen molar-refractivity contribution in [3.8, 4) is 6.07 Å². The molecule has 5 nitrogen and oxygen atoms in total. The molecule has 0 aliphatic heterocycles. The summed E-state index contributed by atoms with van der Waals surface area (Å²) in [5, 5.41) is 8.92. The smallest absolute Gasteiger partial charge is 0.201 e. The van der Waals surface area contributed by atoms with Crippen LogP contribution in [0.25, 0.3) is 11.0 Å². The molecule has 1 aromatic heterocycles. The summed E-state index contributed by atoms with van der Waals surface area (Å²) in [7, 11) is -0.908. The number of fused-ring (bicyclic) bond motifs is 1. The number of rotatable bonds is 3. The van der Waals surface area contributed by atoms with E-state index in [4.69, 9.17) is 11.0 Å². The minimum atomic E-state index is -0.908. The number of hydrogen-bond donors (Lipinski definition) is 1. The summed E-state index contributed by atoms with van der Waals surface area (Å²) in [5.41, 5.74) is 8.01. The lowest BCUT2D eigenvalue weighted by Crippen LogP contribution is -2.15. The van der Waals surface area contributed by atoms with Crippen LogP contribution in [0.4, 0.5) is 5.95 Å². The molecule has 0 saturated carbocycles. The van der Waals surface area contributed by atoms with Gasteiger partial charge in [-0.3, -0.25) is 4.21 Å². The van der Waals surface area contributed by atoms with Crippen LogP contribution in [-0.2, 0) is 10.8 Å². The number of hydrogen-bond acceptors (Lipinski definition) is 4. The first kappa shape index (κ1) is 12.6. The Balaban J connectivity index is 2.58. The lowest BCUT2D eigenvalue weighted by atomic mass is 10.2. The molecule has 0 fully saturated rings. The van der Waals surface area contributed by atoms with Crippen molar-refractivity contribution >= 4 is 27.8 Å². The Morgan fingerprint density at radius 2 is 2.33 bits per heavy atom. The fourth-order valence-electron chi connectivity index (χ4n) is 2.06. The number of nitriles is 1. The van der Waals surface area contributed by atoms with Crippen molar-refractivity contribution in [3.05, 3.63) is 23.8 Å². The Morgan fingerprint density at radius 1 is 1.61 bits per heavy atom. The van der Waals surface area contributed by atoms with Crippen molar-refractivity contribution in [2.24, 2.45) is 0 Å². The van der Waals surface area contributed by atoms with Gasteiger partial charge in [0.05, 0.1) is 22.7 Å². The molecule has 2 rings (SSSR count). The van der Waals surface area contributed by atoms with E-state index in [0.717, 1.165) is 11.0 Å². The lowest BCUT2D eigenvalue weighted by molar-refractivity contribution is 0.619. The van der Waals surface area contributed by atoms with E-state index in [0.29, 0.717) is 17.3 Å². The van der Waals surface area contributed by atoms with Gasteiger partial charge in [-0.05, 0) is 25.1 Å². The third-order valence-corrected chi connectivity index (χ3v) is 3.71. The van der Waals surface area contributed by atoms with Gasteiger partial charge in [-0.25, -0.2) is 4.98 Å². The van der Waals surface area contributed by atoms with Crippen molar-refractivity contribution in [3.63, 3.8) is 0 Å². The van der Waals surface area contributed by atoms with Crippen molar-refractivity contribution < 1.29 is 4.21 Å². The number of nitrogens with zero attached hydrogens (tertiary/aromatic N) is 3. The van der Waals surface area contributed by atoms with Crippen LogP contribution in [0.1, 0.15) is 18.5 Å². The molecule has 0 saturated heterocycles. The summed E-state index contributed by atoms with van der Waals surface area (Å²) in [6, 6.07) is 7.32. The van der Waals surface area contributed by atoms with E-state index in [1.165, 1.54) is 0 Å². The van der Waals surface area contributed by atoms with Crippen molar-refractivity contribution in [2.75, 3.05) is 17.7 Å². The maximum absolute atomic E-state index is 11.3. The third kappa shape index (κ3) is 2.22. The molecule has 2 unspecified atom stereocenters. The topological polar surface area (TPSA) is 84.7 Å². The molecule has 0 radical (unpaired) electrons. The zero-order valence-electron chi connectivity index (χ0n) is 10.3. The second-order valence-electron chi connectivity index (χ2n) is 4.24. The average molecular weight is 262 g/mol. The van der Waals surface area contributed by atoms with Gasteiger partial charge in [-0.1, -0.05) is 0 Å². The van der Waals surface area contributed by atoms with Crippen LogP contribution in [0.5, 0.6) is 0 Å². The Labute approximate surface area is 108 Å². The monoisotopic (exact) mass is 262 g/mol. The molecule has 6 heteroatoms. The standard InChI is InChI=1S/C12H14N4OS/c1-8(7-18(2)17)16-11-5-9(6-13)3-4-10(11)15-12(16)14/h3-5,8H,7H2,1-2H3,(H2,14,15). The highest BCUT2D eigenvalue weighted by atomic mass is 32.2. The Hall–Kier alpha value is -1.87. The SMILES string of the molecule is CC(CS(C)=O)n1c(N)nc2ccc(C#N)cc21. The summed E-state index contributed by atoms with van der Waals surface area (Å²) < 4.78 is 13.1. The number of aromatic nitrogens is 2. The molecular weight excluding hydrogens is 248 g/mol. The van der Waals surface area contributed by atoms with Gasteiger partial charge in [0.25, 0.3) is 0 Å². The van der Waals surface area contributed by atoms with Gasteiger partial charge in [-0.15, -0.1) is 0 Å². The molecule has 0 spiro atoms. The molecule has 2 N–H and O–H groups in total. The molecule has 0 amide bonds. The summed E-state index contributed by atoms with van der Waals surface area (Å²) in [5.74, 6) is 0.893. The fraction of sp³-hybridized carbons (Fsp3) is 0.333. The van der Waals surface area contributed by atoms with Crippen molar-refractivity contribution in [1.82, 2.24) is 9.55 Å². The minimum Gasteiger partial charge on any atom is -0.369 e. The van der Waals surface area contributed by atoms with Crippen LogP contribution in [0.2, 0.25) is 0 Å². The summed E-state index contributed by atoms with van der Waals surface area (Å²) >= 11 is 0. The van der Waals surface area contributed by atoms with Crippen LogP contribution in [0, 0.1) is 11.3 Å². The number of nitrogens with two attached hydrogens (primary N) is 1. The van der Waals surface area contributed by atoms with Crippen LogP contribution in [0.15, 0.2) is 18.2 Å². The van der Waals surface area contributed by atoms with Crippen LogP contribution in [0.3, 0.4) is 0 Å². The van der Waals surface area contributed by atoms with Gasteiger partial charge in [0.2, 0.25) is 5.95 Å². The predicted molar refractivity (Wildman–Crippen MR) is 72.5 cm³/mol. The van der Waals surface area contributed by atoms with E-state index in [1.807, 2.05) is 11.5 Å². The van der Waals surface area contributed by atoms with E-state index in [-0.39, 0.29) is 6.04 Å². The number of nitrogen functional groups attached to an aromatic ring is 1. The predicted octanol–water partition coefficient (Wildman–Crippen LogP) is 1.43. The molecular formula is C12H14N4OS. The highest BCUT2D eigenvalue weighted by molar-refractivity contribution is 7.84. The molecule has 2 aromatic rings. The quantitative estimate of drug-likeness (QED) is 0.906. The van der Waals surface area contributed by atoms with Gasteiger partial charge >= 0.3 is 0 Å². The maximum Gasteiger partial charge on any atom is 0.201 e. The van der Waals surface area contributed by atoms with E-state index in [2.05, 4.69) is 11.1 Å². The normalized spacial score (nSPS) is 14.3. The first-order chi connectivity index (χ1) is 8.52. The van der Waals surface area contributed by atoms with E-state index in [1.54, 1.807) is 24.5 Å². The molecule has 0 aliphatic rings. The second-order valence-corrected chi connectivity index (χ2v) is 5.72. The molecule has 1 aromatic carbocycles. The molecule has 18 heavy (non-hydrogen) atoms. The average Bonchev–Trinajstić information content (AvgIpc) is 2.62. The molecule has 0 bridgehead atoms. The van der Waals surface area contributed by atoms with Gasteiger partial charge in [-0.2, -0.15) is 5.26 Å². The van der Waals surface area contributed by atoms with Crippen molar-refractivity contribution in [2.45, 2.75) is 13.0 Å². The summed E-state index contributed by atoms with van der Waals surface area (Å²) in [6.45, 7) is 1.94. The highest BCUT2D eigenvalue weighted by Crippen LogP contribution is 2.24. The number of benzene rings is 1. The van der Waals surface area contributed by atoms with Gasteiger partial charge in [0.1, 0.15) is 0 Å². The van der Waals surface area contributed by atoms with Gasteiger partial charge < -0.3 is 10.3 Å².